The second kappa shape index (κ2) is 11.6. The summed E-state index contributed by atoms with van der Waals surface area (Å²) in [4.78, 5) is 37.0. The highest BCUT2D eigenvalue weighted by Crippen LogP contribution is 2.34. The zero-order chi connectivity index (χ0) is 26.6. The van der Waals surface area contributed by atoms with E-state index in [-0.39, 0.29) is 39.8 Å². The Kier molecular flexibility index (Phi) is 8.75. The van der Waals surface area contributed by atoms with Crippen molar-refractivity contribution in [1.29, 1.82) is 0 Å². The molecule has 2 amide bonds. The summed E-state index contributed by atoms with van der Waals surface area (Å²) in [5, 5.41) is 11.9. The fourth-order valence-corrected chi connectivity index (χ4v) is 5.21. The molecule has 3 aromatic rings. The van der Waals surface area contributed by atoms with Crippen LogP contribution in [0, 0.1) is 20.8 Å². The number of esters is 1. The number of benzene rings is 1. The van der Waals surface area contributed by atoms with Gasteiger partial charge in [-0.15, -0.1) is 21.5 Å². The topological polar surface area (TPSA) is 138 Å². The molecule has 2 heterocycles. The number of ether oxygens (including phenoxy) is 2. The maximum atomic E-state index is 12.7. The van der Waals surface area contributed by atoms with E-state index in [9.17, 15) is 14.4 Å². The number of thioether (sulfide) groups is 1. The van der Waals surface area contributed by atoms with E-state index in [1.54, 1.807) is 25.5 Å². The zero-order valence-electron chi connectivity index (χ0n) is 21.0. The molecule has 3 N–H and O–H groups in total. The van der Waals surface area contributed by atoms with E-state index >= 15 is 0 Å². The van der Waals surface area contributed by atoms with Gasteiger partial charge < -0.3 is 25.1 Å². The lowest BCUT2D eigenvalue weighted by atomic mass is 10.1. The molecule has 0 spiro atoms. The Morgan fingerprint density at radius 2 is 1.92 bits per heavy atom. The van der Waals surface area contributed by atoms with Crippen LogP contribution in [0.25, 0.3) is 0 Å². The van der Waals surface area contributed by atoms with E-state index in [2.05, 4.69) is 15.5 Å². The van der Waals surface area contributed by atoms with Crippen molar-refractivity contribution in [2.45, 2.75) is 45.9 Å². The number of aryl methyl sites for hydroxylation is 2. The van der Waals surface area contributed by atoms with Gasteiger partial charge >= 0.3 is 5.97 Å². The van der Waals surface area contributed by atoms with Crippen molar-refractivity contribution in [2.24, 2.45) is 12.8 Å². The average molecular weight is 532 g/mol. The van der Waals surface area contributed by atoms with E-state index < -0.39 is 11.9 Å². The van der Waals surface area contributed by atoms with Crippen LogP contribution in [0.2, 0.25) is 0 Å². The zero-order valence-corrected chi connectivity index (χ0v) is 22.6. The van der Waals surface area contributed by atoms with Crippen LogP contribution in [0.15, 0.2) is 23.4 Å². The van der Waals surface area contributed by atoms with Gasteiger partial charge in [0.1, 0.15) is 10.8 Å². The van der Waals surface area contributed by atoms with Gasteiger partial charge in [-0.2, -0.15) is 0 Å². The summed E-state index contributed by atoms with van der Waals surface area (Å²) in [5.74, 6) is -0.337. The number of hydrogen-bond donors (Lipinski definition) is 2. The van der Waals surface area contributed by atoms with Crippen LogP contribution >= 0.6 is 23.1 Å². The second-order valence-electron chi connectivity index (χ2n) is 8.09. The SMILES string of the molecule is CCOC(=O)c1c(NC(=O)CSc2nnc(C(C)Oc3ccc(C)c(C)c3)n2C)sc(C(N)=O)c1C. The van der Waals surface area contributed by atoms with Crippen LogP contribution in [0.1, 0.15) is 62.5 Å². The van der Waals surface area contributed by atoms with Crippen LogP contribution in [-0.2, 0) is 16.6 Å². The molecule has 0 bridgehead atoms. The molecule has 0 fully saturated rings. The standard InChI is InChI=1S/C24H29N5O5S2/c1-7-33-23(32)18-14(4)19(20(25)31)36-22(18)26-17(30)11-35-24-28-27-21(29(24)6)15(5)34-16-9-8-12(2)13(3)10-16/h8-10,15H,7,11H2,1-6H3,(H2,25,31)(H,26,30). The van der Waals surface area contributed by atoms with Crippen LogP contribution in [0.4, 0.5) is 5.00 Å². The minimum atomic E-state index is -0.679. The lowest BCUT2D eigenvalue weighted by Crippen LogP contribution is -2.17. The molecular weight excluding hydrogens is 502 g/mol. The van der Waals surface area contributed by atoms with Crippen molar-refractivity contribution in [3.63, 3.8) is 0 Å². The summed E-state index contributed by atoms with van der Waals surface area (Å²) in [5.41, 5.74) is 8.25. The summed E-state index contributed by atoms with van der Waals surface area (Å²) in [6.45, 7) is 9.37. The third-order valence-electron chi connectivity index (χ3n) is 5.46. The molecule has 2 aromatic heterocycles. The summed E-state index contributed by atoms with van der Waals surface area (Å²) in [6, 6.07) is 5.89. The van der Waals surface area contributed by atoms with Gasteiger partial charge in [0.25, 0.3) is 5.91 Å². The molecule has 0 saturated carbocycles. The van der Waals surface area contributed by atoms with Gasteiger partial charge in [-0.25, -0.2) is 4.79 Å². The number of thiophene rings is 1. The Labute approximate surface area is 217 Å². The number of primary amides is 1. The predicted octanol–water partition coefficient (Wildman–Crippen LogP) is 3.95. The van der Waals surface area contributed by atoms with E-state index in [1.807, 2.05) is 39.0 Å². The maximum absolute atomic E-state index is 12.7. The summed E-state index contributed by atoms with van der Waals surface area (Å²) in [7, 11) is 1.80. The number of aromatic nitrogens is 3. The summed E-state index contributed by atoms with van der Waals surface area (Å²) < 4.78 is 12.9. The van der Waals surface area contributed by atoms with Gasteiger partial charge in [0.15, 0.2) is 17.1 Å². The number of carbonyl (C=O) groups excluding carboxylic acids is 3. The molecular formula is C24H29N5O5S2. The fourth-order valence-electron chi connectivity index (χ4n) is 3.43. The highest BCUT2D eigenvalue weighted by molar-refractivity contribution is 7.99. The van der Waals surface area contributed by atoms with Gasteiger partial charge in [-0.05, 0) is 63.4 Å². The molecule has 12 heteroatoms. The molecule has 0 saturated heterocycles. The number of nitrogens with zero attached hydrogens (tertiary/aromatic N) is 3. The first-order chi connectivity index (χ1) is 17.0. The fraction of sp³-hybridized carbons (Fsp3) is 0.375. The number of rotatable bonds is 10. The Morgan fingerprint density at radius 1 is 1.19 bits per heavy atom. The van der Waals surface area contributed by atoms with E-state index in [0.717, 1.165) is 22.6 Å². The quantitative estimate of drug-likeness (QED) is 0.296. The largest absolute Gasteiger partial charge is 0.483 e. The number of amides is 2. The van der Waals surface area contributed by atoms with Crippen LogP contribution < -0.4 is 15.8 Å². The number of nitrogens with one attached hydrogen (secondary N) is 1. The normalized spacial score (nSPS) is 11.7. The Morgan fingerprint density at radius 3 is 2.56 bits per heavy atom. The highest BCUT2D eigenvalue weighted by Gasteiger charge is 2.26. The molecule has 1 aromatic carbocycles. The molecule has 0 aliphatic heterocycles. The minimum absolute atomic E-state index is 0.00346. The highest BCUT2D eigenvalue weighted by atomic mass is 32.2. The van der Waals surface area contributed by atoms with Crippen LogP contribution in [-0.4, -0.2) is 44.9 Å². The average Bonchev–Trinajstić information content (AvgIpc) is 3.34. The molecule has 0 aliphatic rings. The van der Waals surface area contributed by atoms with Crippen LogP contribution in [0.3, 0.4) is 0 Å². The predicted molar refractivity (Wildman–Crippen MR) is 139 cm³/mol. The molecule has 10 nitrogen and oxygen atoms in total. The van der Waals surface area contributed by atoms with Crippen molar-refractivity contribution >= 4 is 45.9 Å². The molecule has 36 heavy (non-hydrogen) atoms. The van der Waals surface area contributed by atoms with Gasteiger partial charge in [0, 0.05) is 7.05 Å². The number of hydrogen-bond acceptors (Lipinski definition) is 9. The summed E-state index contributed by atoms with van der Waals surface area (Å²) >= 11 is 2.13. The second-order valence-corrected chi connectivity index (χ2v) is 10.1. The van der Waals surface area contributed by atoms with E-state index in [4.69, 9.17) is 15.2 Å². The first kappa shape index (κ1) is 27.2. The van der Waals surface area contributed by atoms with Gasteiger partial charge in [-0.3, -0.25) is 9.59 Å². The van der Waals surface area contributed by atoms with Gasteiger partial charge in [0.2, 0.25) is 5.91 Å². The number of anilines is 1. The Hall–Kier alpha value is -3.38. The number of carbonyl (C=O) groups is 3. The van der Waals surface area contributed by atoms with Crippen molar-refractivity contribution < 1.29 is 23.9 Å². The van der Waals surface area contributed by atoms with Gasteiger partial charge in [-0.1, -0.05) is 17.8 Å². The van der Waals surface area contributed by atoms with Crippen molar-refractivity contribution in [2.75, 3.05) is 17.7 Å². The van der Waals surface area contributed by atoms with E-state index in [0.29, 0.717) is 16.5 Å². The van der Waals surface area contributed by atoms with Gasteiger partial charge in [0.05, 0.1) is 22.8 Å². The maximum Gasteiger partial charge on any atom is 0.341 e. The molecule has 192 valence electrons. The monoisotopic (exact) mass is 531 g/mol. The lowest BCUT2D eigenvalue weighted by Gasteiger charge is -2.15. The van der Waals surface area contributed by atoms with Crippen molar-refractivity contribution in [1.82, 2.24) is 14.8 Å². The first-order valence-corrected chi connectivity index (χ1v) is 13.0. The van der Waals surface area contributed by atoms with Crippen LogP contribution in [0.5, 0.6) is 5.75 Å². The minimum Gasteiger partial charge on any atom is -0.483 e. The molecule has 0 aliphatic carbocycles. The van der Waals surface area contributed by atoms with Crippen molar-refractivity contribution in [3.8, 4) is 5.75 Å². The third-order valence-corrected chi connectivity index (χ3v) is 7.70. The number of nitrogens with two attached hydrogens (primary N) is 1. The summed E-state index contributed by atoms with van der Waals surface area (Å²) in [6.07, 6.45) is -0.360. The molecule has 0 radical (unpaired) electrons. The molecule has 1 atom stereocenters. The van der Waals surface area contributed by atoms with Crippen molar-refractivity contribution in [3.05, 3.63) is 51.2 Å². The molecule has 1 unspecified atom stereocenters. The first-order valence-electron chi connectivity index (χ1n) is 11.2. The smallest absolute Gasteiger partial charge is 0.341 e. The third kappa shape index (κ3) is 6.05. The Balaban J connectivity index is 1.68. The lowest BCUT2D eigenvalue weighted by molar-refractivity contribution is -0.113. The molecule has 3 rings (SSSR count). The Bertz CT molecular complexity index is 1300. The van der Waals surface area contributed by atoms with E-state index in [1.165, 1.54) is 17.3 Å².